The molecule has 4 rings (SSSR count). The minimum Gasteiger partial charge on any atom is -0.497 e. The predicted octanol–water partition coefficient (Wildman–Crippen LogP) is 3.86. The molecule has 7 nitrogen and oxygen atoms in total. The van der Waals surface area contributed by atoms with Gasteiger partial charge in [-0.05, 0) is 42.0 Å². The first-order valence-electron chi connectivity index (χ1n) is 9.07. The van der Waals surface area contributed by atoms with Crippen LogP contribution in [0.4, 0.5) is 0 Å². The summed E-state index contributed by atoms with van der Waals surface area (Å²) in [6.45, 7) is 0. The fourth-order valence-electron chi connectivity index (χ4n) is 2.99. The quantitative estimate of drug-likeness (QED) is 0.470. The standard InChI is InChI=1S/C22H19N3O4S/c1-28-18-12-16(13-19(14-18)29-2)8-9-17-15-23-22-21(24-17)10-11-25(22)30(26,27)20-6-4-3-5-7-20/h3-15H,1-2H3. The average Bonchev–Trinajstić information content (AvgIpc) is 3.22. The lowest BCUT2D eigenvalue weighted by Crippen LogP contribution is -2.12. The summed E-state index contributed by atoms with van der Waals surface area (Å²) < 4.78 is 37.5. The summed E-state index contributed by atoms with van der Waals surface area (Å²) in [5, 5.41) is 0. The summed E-state index contributed by atoms with van der Waals surface area (Å²) >= 11 is 0. The van der Waals surface area contributed by atoms with Crippen LogP contribution in [0.2, 0.25) is 0 Å². The van der Waals surface area contributed by atoms with Crippen molar-refractivity contribution in [2.45, 2.75) is 4.90 Å². The van der Waals surface area contributed by atoms with Crippen molar-refractivity contribution in [1.29, 1.82) is 0 Å². The Hall–Kier alpha value is -3.65. The van der Waals surface area contributed by atoms with Gasteiger partial charge in [-0.15, -0.1) is 0 Å². The smallest absolute Gasteiger partial charge is 0.269 e. The van der Waals surface area contributed by atoms with Gasteiger partial charge in [-0.3, -0.25) is 0 Å². The van der Waals surface area contributed by atoms with Gasteiger partial charge in [0, 0.05) is 12.3 Å². The number of hydrogen-bond donors (Lipinski definition) is 0. The number of nitrogens with zero attached hydrogens (tertiary/aromatic N) is 3. The number of rotatable bonds is 6. The van der Waals surface area contributed by atoms with Gasteiger partial charge in [0.1, 0.15) is 17.0 Å². The lowest BCUT2D eigenvalue weighted by molar-refractivity contribution is 0.394. The van der Waals surface area contributed by atoms with E-state index < -0.39 is 10.0 Å². The SMILES string of the molecule is COc1cc(C=Cc2cnc3c(ccn3S(=O)(=O)c3ccccc3)n2)cc(OC)c1. The van der Waals surface area contributed by atoms with E-state index in [1.807, 2.05) is 18.2 Å². The number of hydrogen-bond acceptors (Lipinski definition) is 6. The fraction of sp³-hybridized carbons (Fsp3) is 0.0909. The Morgan fingerprint density at radius 1 is 0.933 bits per heavy atom. The highest BCUT2D eigenvalue weighted by atomic mass is 32.2. The van der Waals surface area contributed by atoms with Gasteiger partial charge < -0.3 is 9.47 Å². The van der Waals surface area contributed by atoms with Crippen molar-refractivity contribution < 1.29 is 17.9 Å². The zero-order valence-corrected chi connectivity index (χ0v) is 17.2. The third kappa shape index (κ3) is 3.77. The maximum absolute atomic E-state index is 12.9. The van der Waals surface area contributed by atoms with Crippen LogP contribution in [0.5, 0.6) is 11.5 Å². The number of fused-ring (bicyclic) bond motifs is 1. The van der Waals surface area contributed by atoms with Gasteiger partial charge in [-0.1, -0.05) is 24.3 Å². The molecule has 0 spiro atoms. The monoisotopic (exact) mass is 421 g/mol. The third-order valence-corrected chi connectivity index (χ3v) is 6.18. The lowest BCUT2D eigenvalue weighted by atomic mass is 10.1. The number of ether oxygens (including phenoxy) is 2. The highest BCUT2D eigenvalue weighted by Gasteiger charge is 2.19. The second-order valence-corrected chi connectivity index (χ2v) is 8.23. The van der Waals surface area contributed by atoms with Crippen LogP contribution in [0.1, 0.15) is 11.3 Å². The number of methoxy groups -OCH3 is 2. The van der Waals surface area contributed by atoms with Crippen LogP contribution < -0.4 is 9.47 Å². The van der Waals surface area contributed by atoms with E-state index in [1.54, 1.807) is 62.8 Å². The van der Waals surface area contributed by atoms with Gasteiger partial charge in [-0.25, -0.2) is 22.4 Å². The molecule has 30 heavy (non-hydrogen) atoms. The molecular weight excluding hydrogens is 402 g/mol. The Kier molecular flexibility index (Phi) is 5.24. The van der Waals surface area contributed by atoms with E-state index in [2.05, 4.69) is 9.97 Å². The minimum atomic E-state index is -3.74. The third-order valence-electron chi connectivity index (χ3n) is 4.49. The second kappa shape index (κ2) is 8.00. The summed E-state index contributed by atoms with van der Waals surface area (Å²) in [6.07, 6.45) is 6.66. The van der Waals surface area contributed by atoms with E-state index in [0.29, 0.717) is 22.7 Å². The average molecular weight is 421 g/mol. The molecule has 2 aromatic carbocycles. The Bertz CT molecular complexity index is 1310. The largest absolute Gasteiger partial charge is 0.497 e. The minimum absolute atomic E-state index is 0.195. The van der Waals surface area contributed by atoms with Crippen LogP contribution in [-0.4, -0.2) is 36.6 Å². The van der Waals surface area contributed by atoms with Crippen LogP contribution in [0.15, 0.2) is 71.9 Å². The van der Waals surface area contributed by atoms with Gasteiger partial charge >= 0.3 is 0 Å². The van der Waals surface area contributed by atoms with Crippen LogP contribution >= 0.6 is 0 Å². The molecule has 0 atom stereocenters. The molecule has 0 N–H and O–H groups in total. The summed E-state index contributed by atoms with van der Waals surface area (Å²) in [5.41, 5.74) is 2.23. The molecule has 152 valence electrons. The summed E-state index contributed by atoms with van der Waals surface area (Å²) in [5.74, 6) is 1.36. The van der Waals surface area contributed by atoms with Crippen molar-refractivity contribution >= 4 is 33.3 Å². The predicted molar refractivity (Wildman–Crippen MR) is 115 cm³/mol. The van der Waals surface area contributed by atoms with Gasteiger partial charge in [0.2, 0.25) is 0 Å². The summed E-state index contributed by atoms with van der Waals surface area (Å²) in [6, 6.07) is 15.4. The maximum atomic E-state index is 12.9. The van der Waals surface area contributed by atoms with E-state index >= 15 is 0 Å². The molecule has 2 aromatic heterocycles. The lowest BCUT2D eigenvalue weighted by Gasteiger charge is -2.06. The second-order valence-electron chi connectivity index (χ2n) is 6.41. The normalized spacial score (nSPS) is 11.8. The molecule has 4 aromatic rings. The highest BCUT2D eigenvalue weighted by molar-refractivity contribution is 7.90. The van der Waals surface area contributed by atoms with E-state index in [4.69, 9.17) is 9.47 Å². The van der Waals surface area contributed by atoms with E-state index in [1.165, 1.54) is 12.4 Å². The molecule has 0 saturated carbocycles. The van der Waals surface area contributed by atoms with Crippen LogP contribution in [0, 0.1) is 0 Å². The molecule has 0 fully saturated rings. The van der Waals surface area contributed by atoms with Crippen molar-refractivity contribution in [3.63, 3.8) is 0 Å². The topological polar surface area (TPSA) is 83.3 Å². The Morgan fingerprint density at radius 2 is 1.63 bits per heavy atom. The highest BCUT2D eigenvalue weighted by Crippen LogP contribution is 2.24. The molecule has 0 bridgehead atoms. The van der Waals surface area contributed by atoms with Gasteiger partial charge in [0.25, 0.3) is 10.0 Å². The van der Waals surface area contributed by atoms with E-state index in [0.717, 1.165) is 9.54 Å². The molecule has 0 aliphatic heterocycles. The molecule has 0 unspecified atom stereocenters. The molecule has 0 radical (unpaired) electrons. The maximum Gasteiger partial charge on any atom is 0.269 e. The van der Waals surface area contributed by atoms with E-state index in [-0.39, 0.29) is 10.5 Å². The Morgan fingerprint density at radius 3 is 2.30 bits per heavy atom. The van der Waals surface area contributed by atoms with Crippen LogP contribution in [0.25, 0.3) is 23.3 Å². The first-order valence-corrected chi connectivity index (χ1v) is 10.5. The first kappa shape index (κ1) is 19.7. The molecule has 0 saturated heterocycles. The van der Waals surface area contributed by atoms with Gasteiger partial charge in [-0.2, -0.15) is 0 Å². The van der Waals surface area contributed by atoms with Crippen molar-refractivity contribution in [2.24, 2.45) is 0 Å². The van der Waals surface area contributed by atoms with E-state index in [9.17, 15) is 8.42 Å². The first-order chi connectivity index (χ1) is 14.5. The zero-order valence-electron chi connectivity index (χ0n) is 16.4. The Balaban J connectivity index is 1.67. The van der Waals surface area contributed by atoms with Gasteiger partial charge in [0.05, 0.1) is 31.0 Å². The van der Waals surface area contributed by atoms with Crippen molar-refractivity contribution in [3.05, 3.63) is 78.2 Å². The fourth-order valence-corrected chi connectivity index (χ4v) is 4.31. The molecule has 0 amide bonds. The molecular formula is C22H19N3O4S. The van der Waals surface area contributed by atoms with Crippen LogP contribution in [-0.2, 0) is 10.0 Å². The molecule has 2 heterocycles. The molecule has 0 aliphatic carbocycles. The van der Waals surface area contributed by atoms with Crippen LogP contribution in [0.3, 0.4) is 0 Å². The van der Waals surface area contributed by atoms with Gasteiger partial charge in [0.15, 0.2) is 5.65 Å². The Labute approximate surface area is 174 Å². The molecule has 8 heteroatoms. The van der Waals surface area contributed by atoms with Crippen molar-refractivity contribution in [3.8, 4) is 11.5 Å². The molecule has 0 aliphatic rings. The summed E-state index contributed by atoms with van der Waals surface area (Å²) in [4.78, 5) is 9.03. The number of benzene rings is 2. The summed E-state index contributed by atoms with van der Waals surface area (Å²) in [7, 11) is -0.551. The zero-order chi connectivity index (χ0) is 21.1. The number of aromatic nitrogens is 3. The van der Waals surface area contributed by atoms with Crippen molar-refractivity contribution in [1.82, 2.24) is 13.9 Å². The van der Waals surface area contributed by atoms with Crippen molar-refractivity contribution in [2.75, 3.05) is 14.2 Å².